The van der Waals surface area contributed by atoms with Crippen LogP contribution in [-0.4, -0.2) is 45.5 Å². The van der Waals surface area contributed by atoms with Crippen LogP contribution in [0.2, 0.25) is 0 Å². The largest absolute Gasteiger partial charge is 0.480 e. The van der Waals surface area contributed by atoms with Crippen molar-refractivity contribution in [3.63, 3.8) is 0 Å². The zero-order chi connectivity index (χ0) is 19.6. The Morgan fingerprint density at radius 1 is 1.26 bits per heavy atom. The Bertz CT molecular complexity index is 870. The number of benzene rings is 1. The molecule has 2 amide bonds. The van der Waals surface area contributed by atoms with Crippen LogP contribution in [0.25, 0.3) is 0 Å². The number of carboxylic acids is 1. The highest BCUT2D eigenvalue weighted by molar-refractivity contribution is 6.06. The minimum absolute atomic E-state index is 0.333. The van der Waals surface area contributed by atoms with Crippen molar-refractivity contribution in [3.05, 3.63) is 46.8 Å². The number of aromatic nitrogens is 1. The highest BCUT2D eigenvalue weighted by Crippen LogP contribution is 2.22. The summed E-state index contributed by atoms with van der Waals surface area (Å²) in [5, 5.41) is 15.9. The van der Waals surface area contributed by atoms with E-state index >= 15 is 0 Å². The summed E-state index contributed by atoms with van der Waals surface area (Å²) in [6.07, 6.45) is 2.01. The molecule has 27 heavy (non-hydrogen) atoms. The SMILES string of the molecule is Cc1noc(C)c1C(=O)Nc1cccc(C(=O)N2CCCCC2C(=O)O)c1. The maximum Gasteiger partial charge on any atom is 0.326 e. The topological polar surface area (TPSA) is 113 Å². The summed E-state index contributed by atoms with van der Waals surface area (Å²) in [5.41, 5.74) is 1.61. The Hall–Kier alpha value is -3.16. The lowest BCUT2D eigenvalue weighted by atomic mass is 10.0. The Labute approximate surface area is 156 Å². The van der Waals surface area contributed by atoms with Gasteiger partial charge in [0.2, 0.25) is 0 Å². The highest BCUT2D eigenvalue weighted by Gasteiger charge is 2.32. The van der Waals surface area contributed by atoms with E-state index in [4.69, 9.17) is 4.52 Å². The third kappa shape index (κ3) is 3.84. The van der Waals surface area contributed by atoms with Crippen molar-refractivity contribution in [1.29, 1.82) is 0 Å². The van der Waals surface area contributed by atoms with Crippen LogP contribution < -0.4 is 5.32 Å². The fraction of sp³-hybridized carbons (Fsp3) is 0.368. The van der Waals surface area contributed by atoms with Crippen LogP contribution in [-0.2, 0) is 4.79 Å². The van der Waals surface area contributed by atoms with Gasteiger partial charge in [0.15, 0.2) is 0 Å². The lowest BCUT2D eigenvalue weighted by Crippen LogP contribution is -2.48. The number of piperidine rings is 1. The van der Waals surface area contributed by atoms with Gasteiger partial charge >= 0.3 is 5.97 Å². The zero-order valence-corrected chi connectivity index (χ0v) is 15.2. The van der Waals surface area contributed by atoms with E-state index in [2.05, 4.69) is 10.5 Å². The molecule has 0 spiro atoms. The maximum absolute atomic E-state index is 12.8. The van der Waals surface area contributed by atoms with E-state index in [1.54, 1.807) is 38.1 Å². The van der Waals surface area contributed by atoms with Crippen LogP contribution in [0, 0.1) is 13.8 Å². The maximum atomic E-state index is 12.8. The third-order valence-corrected chi connectivity index (χ3v) is 4.68. The molecule has 8 nitrogen and oxygen atoms in total. The summed E-state index contributed by atoms with van der Waals surface area (Å²) < 4.78 is 5.00. The molecule has 0 aliphatic carbocycles. The van der Waals surface area contributed by atoms with Gasteiger partial charge in [-0.05, 0) is 51.3 Å². The number of nitrogens with one attached hydrogen (secondary N) is 1. The zero-order valence-electron chi connectivity index (χ0n) is 15.2. The number of hydrogen-bond acceptors (Lipinski definition) is 5. The van der Waals surface area contributed by atoms with Crippen molar-refractivity contribution >= 4 is 23.5 Å². The number of carbonyl (C=O) groups is 3. The molecule has 1 aliphatic rings. The first-order chi connectivity index (χ1) is 12.9. The standard InChI is InChI=1S/C19H21N3O5/c1-11-16(12(2)27-21-11)17(23)20-14-7-5-6-13(10-14)18(24)22-9-4-3-8-15(22)19(25)26/h5-7,10,15H,3-4,8-9H2,1-2H3,(H,20,23)(H,25,26). The fourth-order valence-corrected chi connectivity index (χ4v) is 3.33. The Morgan fingerprint density at radius 3 is 2.70 bits per heavy atom. The molecule has 1 aromatic heterocycles. The van der Waals surface area contributed by atoms with E-state index in [9.17, 15) is 19.5 Å². The fourth-order valence-electron chi connectivity index (χ4n) is 3.33. The quantitative estimate of drug-likeness (QED) is 0.854. The summed E-state index contributed by atoms with van der Waals surface area (Å²) in [5.74, 6) is -1.31. The van der Waals surface area contributed by atoms with Gasteiger partial charge < -0.3 is 19.8 Å². The number of likely N-dealkylation sites (tertiary alicyclic amines) is 1. The van der Waals surface area contributed by atoms with Gasteiger partial charge in [-0.25, -0.2) is 4.79 Å². The molecular weight excluding hydrogens is 350 g/mol. The number of rotatable bonds is 4. The van der Waals surface area contributed by atoms with Gasteiger partial charge in [0.25, 0.3) is 11.8 Å². The minimum atomic E-state index is -0.995. The predicted octanol–water partition coefficient (Wildman–Crippen LogP) is 2.62. The molecule has 0 radical (unpaired) electrons. The lowest BCUT2D eigenvalue weighted by molar-refractivity contribution is -0.143. The van der Waals surface area contributed by atoms with Gasteiger partial charge in [-0.2, -0.15) is 0 Å². The van der Waals surface area contributed by atoms with Crippen LogP contribution in [0.5, 0.6) is 0 Å². The van der Waals surface area contributed by atoms with Crippen LogP contribution in [0.1, 0.15) is 51.4 Å². The molecule has 1 atom stereocenters. The molecule has 0 saturated carbocycles. The Balaban J connectivity index is 1.80. The van der Waals surface area contributed by atoms with Gasteiger partial charge in [0.05, 0.1) is 5.69 Å². The van der Waals surface area contributed by atoms with E-state index in [1.165, 1.54) is 4.90 Å². The van der Waals surface area contributed by atoms with E-state index in [0.29, 0.717) is 41.2 Å². The smallest absolute Gasteiger partial charge is 0.326 e. The average molecular weight is 371 g/mol. The van der Waals surface area contributed by atoms with Crippen LogP contribution >= 0.6 is 0 Å². The second kappa shape index (κ2) is 7.61. The number of amides is 2. The highest BCUT2D eigenvalue weighted by atomic mass is 16.5. The number of carboxylic acid groups (broad SMARTS) is 1. The number of aryl methyl sites for hydroxylation is 2. The summed E-state index contributed by atoms with van der Waals surface area (Å²) >= 11 is 0. The molecule has 0 bridgehead atoms. The second-order valence-electron chi connectivity index (χ2n) is 6.58. The lowest BCUT2D eigenvalue weighted by Gasteiger charge is -2.33. The van der Waals surface area contributed by atoms with E-state index in [0.717, 1.165) is 12.8 Å². The van der Waals surface area contributed by atoms with Crippen LogP contribution in [0.15, 0.2) is 28.8 Å². The predicted molar refractivity (Wildman–Crippen MR) is 96.7 cm³/mol. The molecule has 8 heteroatoms. The van der Waals surface area contributed by atoms with Crippen molar-refractivity contribution in [2.75, 3.05) is 11.9 Å². The Kier molecular flexibility index (Phi) is 5.25. The van der Waals surface area contributed by atoms with Crippen molar-refractivity contribution < 1.29 is 24.0 Å². The van der Waals surface area contributed by atoms with Crippen molar-refractivity contribution in [1.82, 2.24) is 10.1 Å². The molecule has 3 rings (SSSR count). The first-order valence-corrected chi connectivity index (χ1v) is 8.76. The molecule has 2 heterocycles. The van der Waals surface area contributed by atoms with Gasteiger partial charge in [0, 0.05) is 17.8 Å². The monoisotopic (exact) mass is 371 g/mol. The van der Waals surface area contributed by atoms with Gasteiger partial charge in [-0.15, -0.1) is 0 Å². The molecular formula is C19H21N3O5. The molecule has 1 saturated heterocycles. The third-order valence-electron chi connectivity index (χ3n) is 4.68. The van der Waals surface area contributed by atoms with Crippen LogP contribution in [0.3, 0.4) is 0 Å². The summed E-state index contributed by atoms with van der Waals surface area (Å²) in [6, 6.07) is 5.66. The summed E-state index contributed by atoms with van der Waals surface area (Å²) in [4.78, 5) is 38.1. The van der Waals surface area contributed by atoms with Crippen LogP contribution in [0.4, 0.5) is 5.69 Å². The van der Waals surface area contributed by atoms with E-state index in [-0.39, 0.29) is 11.8 Å². The van der Waals surface area contributed by atoms with Crippen molar-refractivity contribution in [2.24, 2.45) is 0 Å². The molecule has 2 aromatic rings. The number of anilines is 1. The average Bonchev–Trinajstić information content (AvgIpc) is 2.99. The second-order valence-corrected chi connectivity index (χ2v) is 6.58. The molecule has 2 N–H and O–H groups in total. The molecule has 142 valence electrons. The summed E-state index contributed by atoms with van der Waals surface area (Å²) in [7, 11) is 0. The van der Waals surface area contributed by atoms with E-state index in [1.807, 2.05) is 0 Å². The molecule has 1 aromatic carbocycles. The number of carbonyl (C=O) groups excluding carboxylic acids is 2. The van der Waals surface area contributed by atoms with Crippen molar-refractivity contribution in [3.8, 4) is 0 Å². The number of hydrogen-bond donors (Lipinski definition) is 2. The van der Waals surface area contributed by atoms with Gasteiger partial charge in [-0.1, -0.05) is 11.2 Å². The molecule has 1 unspecified atom stereocenters. The number of nitrogens with zero attached hydrogens (tertiary/aromatic N) is 2. The molecule has 1 aliphatic heterocycles. The normalized spacial score (nSPS) is 16.8. The Morgan fingerprint density at radius 2 is 2.04 bits per heavy atom. The minimum Gasteiger partial charge on any atom is -0.480 e. The van der Waals surface area contributed by atoms with Gasteiger partial charge in [0.1, 0.15) is 17.4 Å². The van der Waals surface area contributed by atoms with Crippen molar-refractivity contribution in [2.45, 2.75) is 39.2 Å². The first-order valence-electron chi connectivity index (χ1n) is 8.76. The van der Waals surface area contributed by atoms with Gasteiger partial charge in [-0.3, -0.25) is 9.59 Å². The summed E-state index contributed by atoms with van der Waals surface area (Å²) in [6.45, 7) is 3.73. The number of aliphatic carboxylic acids is 1. The first kappa shape index (κ1) is 18.6. The van der Waals surface area contributed by atoms with E-state index < -0.39 is 12.0 Å². The molecule has 1 fully saturated rings.